The molecular formula is C18H29N3O2. The maximum Gasteiger partial charge on any atom is 0.227 e. The highest BCUT2D eigenvalue weighted by atomic mass is 16.5. The van der Waals surface area contributed by atoms with Gasteiger partial charge in [-0.15, -0.1) is 0 Å². The Balaban J connectivity index is 1.67. The van der Waals surface area contributed by atoms with E-state index in [1.807, 2.05) is 6.07 Å². The highest BCUT2D eigenvalue weighted by Gasteiger charge is 2.38. The molecule has 1 aromatic carbocycles. The van der Waals surface area contributed by atoms with E-state index in [1.165, 1.54) is 5.56 Å². The summed E-state index contributed by atoms with van der Waals surface area (Å²) in [6.45, 7) is 4.23. The van der Waals surface area contributed by atoms with Crippen molar-refractivity contribution in [3.8, 4) is 0 Å². The van der Waals surface area contributed by atoms with E-state index < -0.39 is 5.41 Å². The second-order valence-corrected chi connectivity index (χ2v) is 6.43. The lowest BCUT2D eigenvalue weighted by atomic mass is 9.79. The molecule has 5 nitrogen and oxygen atoms in total. The number of nitrogens with one attached hydrogen (secondary N) is 1. The lowest BCUT2D eigenvalue weighted by Gasteiger charge is -2.34. The summed E-state index contributed by atoms with van der Waals surface area (Å²) in [6, 6.07) is 10.4. The number of hydrogen-bond donors (Lipinski definition) is 2. The molecule has 0 spiro atoms. The predicted octanol–water partition coefficient (Wildman–Crippen LogP) is 1.38. The number of hydrogen-bond acceptors (Lipinski definition) is 4. The fraction of sp³-hybridized carbons (Fsp3) is 0.611. The van der Waals surface area contributed by atoms with Crippen LogP contribution in [0.15, 0.2) is 30.3 Å². The summed E-state index contributed by atoms with van der Waals surface area (Å²) in [5.74, 6) is 0.0917. The van der Waals surface area contributed by atoms with E-state index in [-0.39, 0.29) is 5.91 Å². The van der Waals surface area contributed by atoms with Crippen molar-refractivity contribution < 1.29 is 9.53 Å². The topological polar surface area (TPSA) is 67.6 Å². The van der Waals surface area contributed by atoms with Crippen molar-refractivity contribution in [2.24, 2.45) is 11.1 Å². The number of carbonyl (C=O) groups is 1. The summed E-state index contributed by atoms with van der Waals surface area (Å²) < 4.78 is 5.35. The second kappa shape index (κ2) is 9.01. The molecule has 23 heavy (non-hydrogen) atoms. The number of rotatable bonds is 8. The summed E-state index contributed by atoms with van der Waals surface area (Å²) in [6.07, 6.45) is 2.39. The molecule has 128 valence electrons. The summed E-state index contributed by atoms with van der Waals surface area (Å²) in [5, 5.41) is 3.06. The molecular weight excluding hydrogens is 290 g/mol. The normalized spacial score (nSPS) is 17.2. The van der Waals surface area contributed by atoms with Gasteiger partial charge in [0.15, 0.2) is 0 Å². The molecule has 0 bridgehead atoms. The molecule has 0 radical (unpaired) electrons. The molecule has 1 fully saturated rings. The molecule has 0 atom stereocenters. The van der Waals surface area contributed by atoms with E-state index in [1.54, 1.807) is 0 Å². The van der Waals surface area contributed by atoms with Crippen molar-refractivity contribution in [1.29, 1.82) is 0 Å². The molecule has 1 aromatic rings. The first-order chi connectivity index (χ1) is 11.2. The third-order valence-electron chi connectivity index (χ3n) is 4.62. The van der Waals surface area contributed by atoms with Gasteiger partial charge >= 0.3 is 0 Å². The SMILES string of the molecule is CN(CCCNC(=O)C1(CN)CCOCC1)Cc1ccccc1. The van der Waals surface area contributed by atoms with Crippen LogP contribution in [0.4, 0.5) is 0 Å². The van der Waals surface area contributed by atoms with E-state index in [2.05, 4.69) is 41.5 Å². The number of amides is 1. The zero-order chi connectivity index (χ0) is 16.5. The van der Waals surface area contributed by atoms with Crippen molar-refractivity contribution in [3.05, 3.63) is 35.9 Å². The maximum absolute atomic E-state index is 12.4. The summed E-state index contributed by atoms with van der Waals surface area (Å²) in [4.78, 5) is 14.7. The lowest BCUT2D eigenvalue weighted by molar-refractivity contribution is -0.135. The smallest absolute Gasteiger partial charge is 0.227 e. The highest BCUT2D eigenvalue weighted by Crippen LogP contribution is 2.29. The molecule has 1 aliphatic rings. The average Bonchev–Trinajstić information content (AvgIpc) is 2.60. The standard InChI is InChI=1S/C18H29N3O2/c1-21(14-16-6-3-2-4-7-16)11-5-10-20-17(22)18(15-19)8-12-23-13-9-18/h2-4,6-7H,5,8-15,19H2,1H3,(H,20,22). The van der Waals surface area contributed by atoms with Gasteiger partial charge in [-0.2, -0.15) is 0 Å². The van der Waals surface area contributed by atoms with Crippen molar-refractivity contribution in [1.82, 2.24) is 10.2 Å². The molecule has 1 saturated heterocycles. The van der Waals surface area contributed by atoms with Gasteiger partial charge < -0.3 is 20.7 Å². The molecule has 0 aliphatic carbocycles. The number of ether oxygens (including phenoxy) is 1. The summed E-state index contributed by atoms with van der Waals surface area (Å²) in [7, 11) is 2.11. The van der Waals surface area contributed by atoms with Gasteiger partial charge in [-0.05, 0) is 38.4 Å². The van der Waals surface area contributed by atoms with Gasteiger partial charge in [-0.25, -0.2) is 0 Å². The van der Waals surface area contributed by atoms with E-state index in [0.29, 0.717) is 26.3 Å². The Morgan fingerprint density at radius 1 is 1.30 bits per heavy atom. The molecule has 5 heteroatoms. The van der Waals surface area contributed by atoms with Crippen LogP contribution in [0.1, 0.15) is 24.8 Å². The predicted molar refractivity (Wildman–Crippen MR) is 91.9 cm³/mol. The van der Waals surface area contributed by atoms with E-state index >= 15 is 0 Å². The van der Waals surface area contributed by atoms with Gasteiger partial charge in [-0.1, -0.05) is 30.3 Å². The Bertz CT molecular complexity index is 472. The minimum atomic E-state index is -0.422. The Hall–Kier alpha value is -1.43. The summed E-state index contributed by atoms with van der Waals surface area (Å²) in [5.41, 5.74) is 6.74. The Labute approximate surface area is 139 Å². The molecule has 3 N–H and O–H groups in total. The Morgan fingerprint density at radius 2 is 2.00 bits per heavy atom. The number of carbonyl (C=O) groups excluding carboxylic acids is 1. The molecule has 1 amide bonds. The fourth-order valence-electron chi connectivity index (χ4n) is 3.00. The number of benzene rings is 1. The third-order valence-corrected chi connectivity index (χ3v) is 4.62. The van der Waals surface area contributed by atoms with Crippen LogP contribution >= 0.6 is 0 Å². The van der Waals surface area contributed by atoms with Crippen LogP contribution in [0.25, 0.3) is 0 Å². The van der Waals surface area contributed by atoms with Crippen LogP contribution in [0.2, 0.25) is 0 Å². The first-order valence-corrected chi connectivity index (χ1v) is 8.45. The van der Waals surface area contributed by atoms with E-state index in [4.69, 9.17) is 10.5 Å². The fourth-order valence-corrected chi connectivity index (χ4v) is 3.00. The third kappa shape index (κ3) is 5.30. The van der Waals surface area contributed by atoms with Crippen LogP contribution < -0.4 is 11.1 Å². The molecule has 1 aliphatic heterocycles. The number of nitrogens with two attached hydrogens (primary N) is 1. The van der Waals surface area contributed by atoms with E-state index in [9.17, 15) is 4.79 Å². The molecule has 0 saturated carbocycles. The van der Waals surface area contributed by atoms with Gasteiger partial charge in [0.25, 0.3) is 0 Å². The van der Waals surface area contributed by atoms with Crippen molar-refractivity contribution in [3.63, 3.8) is 0 Å². The molecule has 0 aromatic heterocycles. The maximum atomic E-state index is 12.4. The van der Waals surface area contributed by atoms with Gasteiger partial charge in [0.1, 0.15) is 0 Å². The monoisotopic (exact) mass is 319 g/mol. The van der Waals surface area contributed by atoms with Gasteiger partial charge in [0, 0.05) is 32.8 Å². The lowest BCUT2D eigenvalue weighted by Crippen LogP contribution is -2.49. The largest absolute Gasteiger partial charge is 0.381 e. The first kappa shape index (κ1) is 17.9. The average molecular weight is 319 g/mol. The summed E-state index contributed by atoms with van der Waals surface area (Å²) >= 11 is 0. The van der Waals surface area contributed by atoms with Crippen LogP contribution in [0.3, 0.4) is 0 Å². The Morgan fingerprint density at radius 3 is 2.65 bits per heavy atom. The van der Waals surface area contributed by atoms with Crippen molar-refractivity contribution in [2.75, 3.05) is 39.9 Å². The highest BCUT2D eigenvalue weighted by molar-refractivity contribution is 5.83. The second-order valence-electron chi connectivity index (χ2n) is 6.43. The van der Waals surface area contributed by atoms with Crippen LogP contribution in [-0.4, -0.2) is 50.7 Å². The molecule has 2 rings (SSSR count). The first-order valence-electron chi connectivity index (χ1n) is 8.45. The van der Waals surface area contributed by atoms with Crippen molar-refractivity contribution >= 4 is 5.91 Å². The van der Waals surface area contributed by atoms with Crippen LogP contribution in [0, 0.1) is 5.41 Å². The van der Waals surface area contributed by atoms with E-state index in [0.717, 1.165) is 32.4 Å². The Kier molecular flexibility index (Phi) is 7.02. The zero-order valence-electron chi connectivity index (χ0n) is 14.1. The molecule has 1 heterocycles. The molecule has 0 unspecified atom stereocenters. The van der Waals surface area contributed by atoms with Crippen LogP contribution in [0.5, 0.6) is 0 Å². The van der Waals surface area contributed by atoms with Crippen molar-refractivity contribution in [2.45, 2.75) is 25.8 Å². The quantitative estimate of drug-likeness (QED) is 0.711. The minimum absolute atomic E-state index is 0.0917. The number of nitrogens with zero attached hydrogens (tertiary/aromatic N) is 1. The van der Waals surface area contributed by atoms with Crippen LogP contribution in [-0.2, 0) is 16.1 Å². The van der Waals surface area contributed by atoms with Gasteiger partial charge in [0.2, 0.25) is 5.91 Å². The minimum Gasteiger partial charge on any atom is -0.381 e. The zero-order valence-corrected chi connectivity index (χ0v) is 14.1. The van der Waals surface area contributed by atoms with Gasteiger partial charge in [0.05, 0.1) is 5.41 Å². The van der Waals surface area contributed by atoms with Gasteiger partial charge in [-0.3, -0.25) is 4.79 Å².